The monoisotopic (exact) mass is 688 g/mol. The highest BCUT2D eigenvalue weighted by atomic mass is 35.5. The number of nitrogens with zero attached hydrogens (tertiary/aromatic N) is 1. The van der Waals surface area contributed by atoms with E-state index in [1.165, 1.54) is 20.4 Å². The molecule has 13 heteroatoms. The molecule has 0 unspecified atom stereocenters. The zero-order valence-corrected chi connectivity index (χ0v) is 28.2. The Hall–Kier alpha value is -5.46. The molecule has 49 heavy (non-hydrogen) atoms. The fourth-order valence-electron chi connectivity index (χ4n) is 5.34. The van der Waals surface area contributed by atoms with Crippen LogP contribution in [0.5, 0.6) is 23.0 Å². The second-order valence-corrected chi connectivity index (χ2v) is 11.3. The molecule has 0 bridgehead atoms. The zero-order chi connectivity index (χ0) is 34.9. The largest absolute Gasteiger partial charge is 0.493 e. The number of amides is 2. The number of nitrogens with one attached hydrogen (secondary N) is 3. The molecule has 2 amide bonds. The third kappa shape index (κ3) is 8.34. The summed E-state index contributed by atoms with van der Waals surface area (Å²) in [5.74, 6) is 0.951. The maximum atomic E-state index is 12.5. The van der Waals surface area contributed by atoms with E-state index in [0.29, 0.717) is 58.1 Å². The number of hydrazone groups is 1. The van der Waals surface area contributed by atoms with Gasteiger partial charge in [-0.3, -0.25) is 5.43 Å². The Labute approximate surface area is 288 Å². The number of carbonyl (C=O) groups is 2. The molecule has 4 N–H and O–H groups in total. The number of rotatable bonds is 14. The van der Waals surface area contributed by atoms with Crippen LogP contribution in [0.3, 0.4) is 0 Å². The maximum Gasteiger partial charge on any atom is 0.337 e. The van der Waals surface area contributed by atoms with Crippen molar-refractivity contribution in [2.45, 2.75) is 32.7 Å². The summed E-state index contributed by atoms with van der Waals surface area (Å²) in [6, 6.07) is 21.3. The van der Waals surface area contributed by atoms with E-state index in [1.54, 1.807) is 37.3 Å². The number of hydrogen-bond acceptors (Lipinski definition) is 10. The Balaban J connectivity index is 1.21. The molecule has 0 spiro atoms. The second-order valence-electron chi connectivity index (χ2n) is 10.9. The molecule has 0 aliphatic carbocycles. The number of halogens is 1. The van der Waals surface area contributed by atoms with Crippen LogP contribution in [-0.4, -0.2) is 57.0 Å². The summed E-state index contributed by atoms with van der Waals surface area (Å²) >= 11 is 6.59. The van der Waals surface area contributed by atoms with Gasteiger partial charge in [-0.25, -0.2) is 9.59 Å². The molecule has 2 atom stereocenters. The van der Waals surface area contributed by atoms with E-state index in [0.717, 1.165) is 16.3 Å². The fraction of sp³-hybridized carbons (Fsp3) is 0.250. The highest BCUT2D eigenvalue weighted by Gasteiger charge is 2.32. The van der Waals surface area contributed by atoms with Gasteiger partial charge in [0.15, 0.2) is 29.2 Å². The van der Waals surface area contributed by atoms with Crippen molar-refractivity contribution in [1.29, 1.82) is 0 Å². The lowest BCUT2D eigenvalue weighted by Gasteiger charge is -2.28. The number of esters is 1. The minimum absolute atomic E-state index is 0.182. The summed E-state index contributed by atoms with van der Waals surface area (Å²) in [5.41, 5.74) is 5.46. The van der Waals surface area contributed by atoms with E-state index in [-0.39, 0.29) is 12.2 Å². The molecule has 0 aromatic heterocycles. The Bertz CT molecular complexity index is 1890. The molecule has 0 saturated heterocycles. The average molecular weight is 689 g/mol. The van der Waals surface area contributed by atoms with Crippen molar-refractivity contribution in [2.75, 3.05) is 27.4 Å². The number of fused-ring (bicyclic) bond motifs is 1. The Morgan fingerprint density at radius 2 is 1.82 bits per heavy atom. The van der Waals surface area contributed by atoms with Crippen molar-refractivity contribution < 1.29 is 38.4 Å². The minimum Gasteiger partial charge on any atom is -0.493 e. The van der Waals surface area contributed by atoms with Crippen LogP contribution in [0, 0.1) is 0 Å². The first-order chi connectivity index (χ1) is 23.7. The predicted molar refractivity (Wildman–Crippen MR) is 185 cm³/mol. The Morgan fingerprint density at radius 3 is 2.59 bits per heavy atom. The van der Waals surface area contributed by atoms with E-state index < -0.39 is 24.3 Å². The lowest BCUT2D eigenvalue weighted by Crippen LogP contribution is -2.45. The summed E-state index contributed by atoms with van der Waals surface area (Å²) in [6.07, 6.45) is 0.292. The summed E-state index contributed by atoms with van der Waals surface area (Å²) in [7, 11) is 2.80. The standard InChI is InChI=1S/C36H37ClN4O8/c1-5-47-29-17-24(33-32(35(43)46-4)21(2)39-36(44)40-33)13-14-28(29)48-20-31(42)41-38-18-22-15-27(37)34(30(16-22)45-3)49-19-25-11-8-10-23-9-6-7-12-26(23)25/h6-18,31,33,41-42H,5,19-20H2,1-4H3,(H2,39,40,44)/b38-18-/t31-,33-/m1/s1. The second kappa shape index (κ2) is 16.1. The first kappa shape index (κ1) is 34.9. The molecule has 1 heterocycles. The molecule has 4 aromatic rings. The van der Waals surface area contributed by atoms with Crippen LogP contribution < -0.4 is 35.0 Å². The third-order valence-electron chi connectivity index (χ3n) is 7.61. The highest BCUT2D eigenvalue weighted by molar-refractivity contribution is 6.32. The van der Waals surface area contributed by atoms with Gasteiger partial charge in [0, 0.05) is 5.70 Å². The lowest BCUT2D eigenvalue weighted by atomic mass is 9.95. The molecule has 1 aliphatic heterocycles. The van der Waals surface area contributed by atoms with Gasteiger partial charge in [-0.05, 0) is 65.6 Å². The van der Waals surface area contributed by atoms with Crippen LogP contribution in [0.1, 0.15) is 36.6 Å². The number of aliphatic hydroxyl groups is 1. The van der Waals surface area contributed by atoms with Crippen molar-refractivity contribution in [1.82, 2.24) is 16.1 Å². The average Bonchev–Trinajstić information content (AvgIpc) is 3.10. The SMILES string of the molecule is CCOc1cc([C@H]2NC(=O)NC(C)=C2C(=O)OC)ccc1OC[C@@H](O)N/N=C\c1cc(Cl)c(OCc2cccc3ccccc23)c(OC)c1. The van der Waals surface area contributed by atoms with Crippen LogP contribution in [0.15, 0.2) is 89.2 Å². The van der Waals surface area contributed by atoms with Gasteiger partial charge in [0.1, 0.15) is 13.2 Å². The number of aliphatic hydroxyl groups excluding tert-OH is 1. The number of urea groups is 1. The Morgan fingerprint density at radius 1 is 1.02 bits per heavy atom. The van der Waals surface area contributed by atoms with Crippen LogP contribution in [0.4, 0.5) is 4.79 Å². The van der Waals surface area contributed by atoms with E-state index in [4.69, 9.17) is 35.3 Å². The molecule has 12 nitrogen and oxygen atoms in total. The van der Waals surface area contributed by atoms with Crippen LogP contribution in [0.2, 0.25) is 5.02 Å². The fourth-order valence-corrected chi connectivity index (χ4v) is 5.62. The first-order valence-electron chi connectivity index (χ1n) is 15.4. The van der Waals surface area contributed by atoms with E-state index >= 15 is 0 Å². The van der Waals surface area contributed by atoms with Crippen molar-refractivity contribution in [3.8, 4) is 23.0 Å². The molecule has 0 radical (unpaired) electrons. The number of methoxy groups -OCH3 is 2. The van der Waals surface area contributed by atoms with Gasteiger partial charge >= 0.3 is 12.0 Å². The predicted octanol–water partition coefficient (Wildman–Crippen LogP) is 5.60. The first-order valence-corrected chi connectivity index (χ1v) is 15.8. The molecule has 5 rings (SSSR count). The van der Waals surface area contributed by atoms with Crippen molar-refractivity contribution in [3.63, 3.8) is 0 Å². The molecule has 0 fully saturated rings. The lowest BCUT2D eigenvalue weighted by molar-refractivity contribution is -0.136. The van der Waals surface area contributed by atoms with Gasteiger partial charge in [-0.2, -0.15) is 5.10 Å². The smallest absolute Gasteiger partial charge is 0.337 e. The molecular weight excluding hydrogens is 652 g/mol. The number of benzene rings is 4. The topological polar surface area (TPSA) is 149 Å². The highest BCUT2D eigenvalue weighted by Crippen LogP contribution is 2.37. The van der Waals surface area contributed by atoms with E-state index in [9.17, 15) is 14.7 Å². The van der Waals surface area contributed by atoms with Crippen molar-refractivity contribution in [2.24, 2.45) is 5.10 Å². The van der Waals surface area contributed by atoms with Crippen LogP contribution in [0.25, 0.3) is 10.8 Å². The normalized spacial score (nSPS) is 15.0. The summed E-state index contributed by atoms with van der Waals surface area (Å²) in [5, 5.41) is 22.5. The van der Waals surface area contributed by atoms with Gasteiger partial charge < -0.3 is 39.4 Å². The maximum absolute atomic E-state index is 12.5. The van der Waals surface area contributed by atoms with Gasteiger partial charge in [0.2, 0.25) is 0 Å². The van der Waals surface area contributed by atoms with E-state index in [2.05, 4.69) is 21.2 Å². The summed E-state index contributed by atoms with van der Waals surface area (Å²) < 4.78 is 28.2. The van der Waals surface area contributed by atoms with Gasteiger partial charge in [0.25, 0.3) is 0 Å². The number of allylic oxidation sites excluding steroid dienone is 1. The number of carbonyl (C=O) groups excluding carboxylic acids is 2. The molecule has 1 aliphatic rings. The zero-order valence-electron chi connectivity index (χ0n) is 27.4. The van der Waals surface area contributed by atoms with Gasteiger partial charge in [-0.1, -0.05) is 60.1 Å². The quantitative estimate of drug-likeness (QED) is 0.0575. The summed E-state index contributed by atoms with van der Waals surface area (Å²) in [6.45, 7) is 3.87. The number of hydrogen-bond donors (Lipinski definition) is 4. The van der Waals surface area contributed by atoms with Gasteiger partial charge in [0.05, 0.1) is 43.7 Å². The van der Waals surface area contributed by atoms with Crippen LogP contribution >= 0.6 is 11.6 Å². The van der Waals surface area contributed by atoms with Gasteiger partial charge in [-0.15, -0.1) is 0 Å². The van der Waals surface area contributed by atoms with Crippen molar-refractivity contribution in [3.05, 3.63) is 106 Å². The Kier molecular flexibility index (Phi) is 11.4. The van der Waals surface area contributed by atoms with E-state index in [1.807, 2.05) is 49.4 Å². The minimum atomic E-state index is -1.19. The molecular formula is C36H37ClN4O8. The molecule has 0 saturated carbocycles. The van der Waals surface area contributed by atoms with Crippen LogP contribution in [-0.2, 0) is 16.1 Å². The van der Waals surface area contributed by atoms with Crippen molar-refractivity contribution >= 4 is 40.6 Å². The molecule has 4 aromatic carbocycles. The molecule has 256 valence electrons. The third-order valence-corrected chi connectivity index (χ3v) is 7.89. The summed E-state index contributed by atoms with van der Waals surface area (Å²) in [4.78, 5) is 24.7. The number of ether oxygens (including phenoxy) is 5.